The molecule has 1 amide bonds. The lowest BCUT2D eigenvalue weighted by Crippen LogP contribution is -2.37. The summed E-state index contributed by atoms with van der Waals surface area (Å²) in [6.45, 7) is 6.77. The molecule has 0 radical (unpaired) electrons. The SMILES string of the molecule is CCCCOc1ccccc1C(=O)Nc1ccc2[nH]c3c(c2c1)CC(N(C)CCc1cnn(CC)c1)CC3. The molecule has 1 unspecified atom stereocenters. The van der Waals surface area contributed by atoms with Gasteiger partial charge in [-0.05, 0) is 87.5 Å². The molecule has 0 spiro atoms. The number of aryl methyl sites for hydroxylation is 2. The van der Waals surface area contributed by atoms with Crippen LogP contribution in [0.15, 0.2) is 54.9 Å². The number of amides is 1. The van der Waals surface area contributed by atoms with E-state index < -0.39 is 0 Å². The molecule has 38 heavy (non-hydrogen) atoms. The van der Waals surface area contributed by atoms with E-state index in [2.05, 4.69) is 59.5 Å². The molecule has 2 N–H and O–H groups in total. The minimum Gasteiger partial charge on any atom is -0.493 e. The first-order chi connectivity index (χ1) is 18.6. The third-order valence-corrected chi connectivity index (χ3v) is 7.69. The molecule has 0 aliphatic heterocycles. The number of benzene rings is 2. The molecule has 2 aromatic carbocycles. The lowest BCUT2D eigenvalue weighted by Gasteiger charge is -2.31. The summed E-state index contributed by atoms with van der Waals surface area (Å²) < 4.78 is 7.87. The molecule has 1 aliphatic carbocycles. The molecule has 1 atom stereocenters. The molecule has 4 aromatic rings. The van der Waals surface area contributed by atoms with Gasteiger partial charge in [-0.1, -0.05) is 25.5 Å². The number of aromatic amines is 1. The maximum absolute atomic E-state index is 13.2. The van der Waals surface area contributed by atoms with E-state index in [0.29, 0.717) is 24.0 Å². The van der Waals surface area contributed by atoms with Crippen molar-refractivity contribution in [3.8, 4) is 5.75 Å². The third-order valence-electron chi connectivity index (χ3n) is 7.69. The Labute approximate surface area is 225 Å². The van der Waals surface area contributed by atoms with E-state index >= 15 is 0 Å². The number of para-hydroxylation sites is 1. The van der Waals surface area contributed by atoms with Crippen molar-refractivity contribution in [1.82, 2.24) is 19.7 Å². The number of aromatic nitrogens is 3. The maximum Gasteiger partial charge on any atom is 0.259 e. The molecular weight excluding hydrogens is 474 g/mol. The number of fused-ring (bicyclic) bond motifs is 3. The molecular formula is C31H39N5O2. The summed E-state index contributed by atoms with van der Waals surface area (Å²) >= 11 is 0. The van der Waals surface area contributed by atoms with Gasteiger partial charge in [0.2, 0.25) is 0 Å². The van der Waals surface area contributed by atoms with Crippen LogP contribution in [-0.4, -0.2) is 51.8 Å². The fraction of sp³-hybridized carbons (Fsp3) is 0.419. The molecule has 0 saturated carbocycles. The van der Waals surface area contributed by atoms with Crippen LogP contribution in [0.2, 0.25) is 0 Å². The Balaban J connectivity index is 1.28. The molecule has 1 aliphatic rings. The number of ether oxygens (including phenoxy) is 1. The number of carbonyl (C=O) groups is 1. The average molecular weight is 514 g/mol. The molecule has 0 saturated heterocycles. The molecule has 0 bridgehead atoms. The number of rotatable bonds is 11. The van der Waals surface area contributed by atoms with Crippen molar-refractivity contribution in [1.29, 1.82) is 0 Å². The van der Waals surface area contributed by atoms with Gasteiger partial charge in [-0.15, -0.1) is 0 Å². The second-order valence-corrected chi connectivity index (χ2v) is 10.3. The van der Waals surface area contributed by atoms with Gasteiger partial charge in [0.05, 0.1) is 18.4 Å². The molecule has 7 nitrogen and oxygen atoms in total. The standard InChI is InChI=1S/C31H39N5O2/c1-4-6-17-38-30-10-8-7-9-25(30)31(37)33-23-11-13-28-26(18-23)27-19-24(12-14-29(27)34-28)35(3)16-15-22-20-32-36(5-2)21-22/h7-11,13,18,20-21,24,34H,4-6,12,14-17,19H2,1-3H3,(H,33,37). The van der Waals surface area contributed by atoms with Crippen molar-refractivity contribution in [2.45, 2.75) is 65.0 Å². The van der Waals surface area contributed by atoms with Crippen LogP contribution in [0.25, 0.3) is 10.9 Å². The van der Waals surface area contributed by atoms with Crippen molar-refractivity contribution >= 4 is 22.5 Å². The van der Waals surface area contributed by atoms with Crippen LogP contribution in [0.1, 0.15) is 60.3 Å². The van der Waals surface area contributed by atoms with Crippen LogP contribution in [0.5, 0.6) is 5.75 Å². The van der Waals surface area contributed by atoms with Crippen molar-refractivity contribution < 1.29 is 9.53 Å². The lowest BCUT2D eigenvalue weighted by atomic mass is 9.90. The zero-order chi connectivity index (χ0) is 26.5. The number of nitrogens with zero attached hydrogens (tertiary/aromatic N) is 3. The minimum atomic E-state index is -0.148. The maximum atomic E-state index is 13.2. The summed E-state index contributed by atoms with van der Waals surface area (Å²) in [5.74, 6) is 0.483. The summed E-state index contributed by atoms with van der Waals surface area (Å²) in [6.07, 6.45) is 10.3. The summed E-state index contributed by atoms with van der Waals surface area (Å²) in [5, 5.41) is 8.72. The Bertz CT molecular complexity index is 1390. The Kier molecular flexibility index (Phi) is 8.13. The summed E-state index contributed by atoms with van der Waals surface area (Å²) in [4.78, 5) is 19.3. The molecule has 2 aromatic heterocycles. The Hall–Kier alpha value is -3.58. The first-order valence-corrected chi connectivity index (χ1v) is 13.9. The predicted octanol–water partition coefficient (Wildman–Crippen LogP) is 5.85. The fourth-order valence-electron chi connectivity index (χ4n) is 5.35. The van der Waals surface area contributed by atoms with Gasteiger partial charge in [0, 0.05) is 47.6 Å². The number of likely N-dealkylation sites (N-methyl/N-ethyl adjacent to an activating group) is 1. The van der Waals surface area contributed by atoms with E-state index in [1.165, 1.54) is 22.2 Å². The Morgan fingerprint density at radius 3 is 2.92 bits per heavy atom. The van der Waals surface area contributed by atoms with E-state index in [1.807, 2.05) is 41.2 Å². The number of anilines is 1. The van der Waals surface area contributed by atoms with Gasteiger partial charge in [-0.25, -0.2) is 0 Å². The van der Waals surface area contributed by atoms with Gasteiger partial charge < -0.3 is 19.9 Å². The smallest absolute Gasteiger partial charge is 0.259 e. The van der Waals surface area contributed by atoms with Crippen LogP contribution < -0.4 is 10.1 Å². The largest absolute Gasteiger partial charge is 0.493 e. The highest BCUT2D eigenvalue weighted by molar-refractivity contribution is 6.07. The number of unbranched alkanes of at least 4 members (excludes halogenated alkanes) is 1. The first-order valence-electron chi connectivity index (χ1n) is 13.9. The highest BCUT2D eigenvalue weighted by Gasteiger charge is 2.25. The van der Waals surface area contributed by atoms with Crippen molar-refractivity contribution in [3.05, 3.63) is 77.2 Å². The normalized spacial score (nSPS) is 15.1. The van der Waals surface area contributed by atoms with Gasteiger partial charge in [0.1, 0.15) is 5.75 Å². The monoisotopic (exact) mass is 513 g/mol. The number of H-pyrrole nitrogens is 1. The fourth-order valence-corrected chi connectivity index (χ4v) is 5.35. The van der Waals surface area contributed by atoms with Gasteiger partial charge >= 0.3 is 0 Å². The molecule has 2 heterocycles. The average Bonchev–Trinajstić information content (AvgIpc) is 3.56. The second-order valence-electron chi connectivity index (χ2n) is 10.3. The molecule has 200 valence electrons. The first kappa shape index (κ1) is 26.0. The zero-order valence-corrected chi connectivity index (χ0v) is 22.8. The number of carbonyl (C=O) groups excluding carboxylic acids is 1. The van der Waals surface area contributed by atoms with Crippen molar-refractivity contribution in [3.63, 3.8) is 0 Å². The third kappa shape index (κ3) is 5.78. The minimum absolute atomic E-state index is 0.148. The van der Waals surface area contributed by atoms with Gasteiger partial charge in [-0.2, -0.15) is 5.10 Å². The van der Waals surface area contributed by atoms with E-state index in [-0.39, 0.29) is 5.91 Å². The molecule has 0 fully saturated rings. The van der Waals surface area contributed by atoms with Crippen LogP contribution in [0, 0.1) is 0 Å². The van der Waals surface area contributed by atoms with Crippen molar-refractivity contribution in [2.24, 2.45) is 0 Å². The van der Waals surface area contributed by atoms with E-state index in [1.54, 1.807) is 0 Å². The molecule has 7 heteroatoms. The highest BCUT2D eigenvalue weighted by Crippen LogP contribution is 2.33. The summed E-state index contributed by atoms with van der Waals surface area (Å²) in [5.41, 5.74) is 6.49. The number of nitrogens with one attached hydrogen (secondary N) is 2. The number of hydrogen-bond donors (Lipinski definition) is 2. The van der Waals surface area contributed by atoms with Crippen molar-refractivity contribution in [2.75, 3.05) is 25.5 Å². The lowest BCUT2D eigenvalue weighted by molar-refractivity contribution is 0.102. The van der Waals surface area contributed by atoms with Crippen LogP contribution in [0.4, 0.5) is 5.69 Å². The van der Waals surface area contributed by atoms with E-state index in [9.17, 15) is 4.79 Å². The zero-order valence-electron chi connectivity index (χ0n) is 22.8. The topological polar surface area (TPSA) is 75.2 Å². The van der Waals surface area contributed by atoms with Gasteiger partial charge in [-0.3, -0.25) is 9.48 Å². The van der Waals surface area contributed by atoms with Gasteiger partial charge in [0.15, 0.2) is 0 Å². The Morgan fingerprint density at radius 2 is 2.11 bits per heavy atom. The van der Waals surface area contributed by atoms with E-state index in [4.69, 9.17) is 4.74 Å². The van der Waals surface area contributed by atoms with Crippen LogP contribution >= 0.6 is 0 Å². The van der Waals surface area contributed by atoms with Gasteiger partial charge in [0.25, 0.3) is 5.91 Å². The quantitative estimate of drug-likeness (QED) is 0.247. The van der Waals surface area contributed by atoms with Crippen LogP contribution in [-0.2, 0) is 25.8 Å². The Morgan fingerprint density at radius 1 is 1.24 bits per heavy atom. The molecule has 5 rings (SSSR count). The van der Waals surface area contributed by atoms with E-state index in [0.717, 1.165) is 62.8 Å². The second kappa shape index (κ2) is 11.9. The highest BCUT2D eigenvalue weighted by atomic mass is 16.5. The summed E-state index contributed by atoms with van der Waals surface area (Å²) in [7, 11) is 2.24. The number of hydrogen-bond acceptors (Lipinski definition) is 4. The van der Waals surface area contributed by atoms with Crippen LogP contribution in [0.3, 0.4) is 0 Å². The predicted molar refractivity (Wildman–Crippen MR) is 153 cm³/mol. The summed E-state index contributed by atoms with van der Waals surface area (Å²) in [6, 6.07) is 14.1.